The number of hydrogen-bond donors (Lipinski definition) is 0. The molecule has 2 aromatic carbocycles. The van der Waals surface area contributed by atoms with Crippen LogP contribution >= 0.6 is 0 Å². The monoisotopic (exact) mass is 323 g/mol. The van der Waals surface area contributed by atoms with E-state index in [0.717, 1.165) is 25.3 Å². The molecule has 0 saturated heterocycles. The Morgan fingerprint density at radius 2 is 1.75 bits per heavy atom. The number of rotatable bonds is 4. The van der Waals surface area contributed by atoms with Gasteiger partial charge in [-0.1, -0.05) is 63.2 Å². The fraction of sp³-hybridized carbons (Fsp3) is 0.455. The van der Waals surface area contributed by atoms with Gasteiger partial charge in [0.1, 0.15) is 11.9 Å². The first kappa shape index (κ1) is 17.0. The molecule has 3 rings (SSSR count). The van der Waals surface area contributed by atoms with Gasteiger partial charge in [0.05, 0.1) is 0 Å². The number of nitrogens with zero attached hydrogens (tertiary/aromatic N) is 1. The molecule has 0 amide bonds. The molecule has 0 aromatic heterocycles. The highest BCUT2D eigenvalue weighted by Gasteiger charge is 2.22. The second-order valence-corrected chi connectivity index (χ2v) is 8.16. The van der Waals surface area contributed by atoms with Crippen molar-refractivity contribution in [2.24, 2.45) is 0 Å². The Balaban J connectivity index is 1.67. The maximum Gasteiger partial charge on any atom is 0.127 e. The third-order valence-electron chi connectivity index (χ3n) is 4.72. The molecule has 128 valence electrons. The van der Waals surface area contributed by atoms with Gasteiger partial charge < -0.3 is 4.74 Å². The lowest BCUT2D eigenvalue weighted by molar-refractivity contribution is 0.245. The Kier molecular flexibility index (Phi) is 4.69. The topological polar surface area (TPSA) is 12.5 Å². The van der Waals surface area contributed by atoms with Gasteiger partial charge >= 0.3 is 0 Å². The Labute approximate surface area is 146 Å². The summed E-state index contributed by atoms with van der Waals surface area (Å²) >= 11 is 0. The van der Waals surface area contributed by atoms with E-state index in [0.29, 0.717) is 6.10 Å². The Bertz CT molecular complexity index is 697. The summed E-state index contributed by atoms with van der Waals surface area (Å²) in [5.74, 6) is 1.11. The molecule has 1 aliphatic rings. The van der Waals surface area contributed by atoms with Crippen molar-refractivity contribution in [3.63, 3.8) is 0 Å². The van der Waals surface area contributed by atoms with E-state index in [9.17, 15) is 0 Å². The highest BCUT2D eigenvalue weighted by Crippen LogP contribution is 2.33. The third-order valence-corrected chi connectivity index (χ3v) is 4.72. The average Bonchev–Trinajstić information content (AvgIpc) is 2.88. The van der Waals surface area contributed by atoms with Crippen LogP contribution in [0.25, 0.3) is 0 Å². The fourth-order valence-corrected chi connectivity index (χ4v) is 3.40. The van der Waals surface area contributed by atoms with Crippen LogP contribution in [0.1, 0.15) is 49.9 Å². The highest BCUT2D eigenvalue weighted by molar-refractivity contribution is 5.44. The molecule has 1 aliphatic heterocycles. The first-order chi connectivity index (χ1) is 11.3. The molecule has 24 heavy (non-hydrogen) atoms. The summed E-state index contributed by atoms with van der Waals surface area (Å²) in [7, 11) is 2.18. The summed E-state index contributed by atoms with van der Waals surface area (Å²) in [5.41, 5.74) is 5.60. The minimum atomic E-state index is 0.211. The minimum absolute atomic E-state index is 0.211. The van der Waals surface area contributed by atoms with Crippen molar-refractivity contribution in [1.82, 2.24) is 4.90 Å². The molecule has 0 saturated carbocycles. The largest absolute Gasteiger partial charge is 0.490 e. The molecule has 2 heteroatoms. The molecule has 1 atom stereocenters. The number of hydrogen-bond acceptors (Lipinski definition) is 2. The predicted molar refractivity (Wildman–Crippen MR) is 101 cm³/mol. The predicted octanol–water partition coefficient (Wildman–Crippen LogP) is 4.94. The van der Waals surface area contributed by atoms with Gasteiger partial charge in [-0.15, -0.1) is 0 Å². The number of benzene rings is 2. The summed E-state index contributed by atoms with van der Waals surface area (Å²) < 4.78 is 6.02. The smallest absolute Gasteiger partial charge is 0.127 e. The molecular weight excluding hydrogens is 294 g/mol. The molecule has 0 spiro atoms. The molecule has 1 heterocycles. The van der Waals surface area contributed by atoms with Crippen LogP contribution in [0.2, 0.25) is 0 Å². The van der Waals surface area contributed by atoms with E-state index in [4.69, 9.17) is 4.74 Å². The van der Waals surface area contributed by atoms with Crippen LogP contribution in [0.3, 0.4) is 0 Å². The van der Waals surface area contributed by atoms with Crippen LogP contribution in [0.15, 0.2) is 42.5 Å². The van der Waals surface area contributed by atoms with Gasteiger partial charge in [-0.25, -0.2) is 0 Å². The lowest BCUT2D eigenvalue weighted by Gasteiger charge is -2.21. The lowest BCUT2D eigenvalue weighted by Crippen LogP contribution is -2.18. The van der Waals surface area contributed by atoms with Crippen molar-refractivity contribution >= 4 is 0 Å². The van der Waals surface area contributed by atoms with E-state index < -0.39 is 0 Å². The molecule has 0 N–H and O–H groups in total. The summed E-state index contributed by atoms with van der Waals surface area (Å²) in [6.45, 7) is 10.8. The zero-order valence-corrected chi connectivity index (χ0v) is 15.6. The third kappa shape index (κ3) is 3.81. The maximum atomic E-state index is 6.02. The van der Waals surface area contributed by atoms with Crippen molar-refractivity contribution in [3.05, 3.63) is 64.7 Å². The molecule has 2 aromatic rings. The van der Waals surface area contributed by atoms with E-state index in [1.54, 1.807) is 0 Å². The molecule has 0 fully saturated rings. The van der Waals surface area contributed by atoms with Crippen molar-refractivity contribution in [2.75, 3.05) is 7.05 Å². The zero-order chi connectivity index (χ0) is 17.3. The van der Waals surface area contributed by atoms with Crippen LogP contribution in [0.4, 0.5) is 0 Å². The van der Waals surface area contributed by atoms with Gasteiger partial charge in [0, 0.05) is 25.1 Å². The van der Waals surface area contributed by atoms with Gasteiger partial charge in [-0.2, -0.15) is 0 Å². The van der Waals surface area contributed by atoms with Crippen LogP contribution in [0.5, 0.6) is 5.75 Å². The SMILES string of the molecule is CC1Cc2cccc(CN(C)Cc3ccc(C(C)(C)C)cc3)c2O1. The van der Waals surface area contributed by atoms with Gasteiger partial charge in [0.15, 0.2) is 0 Å². The quantitative estimate of drug-likeness (QED) is 0.790. The molecule has 2 nitrogen and oxygen atoms in total. The second-order valence-electron chi connectivity index (χ2n) is 8.16. The van der Waals surface area contributed by atoms with Crippen LogP contribution < -0.4 is 4.74 Å². The molecular formula is C22H29NO. The average molecular weight is 323 g/mol. The van der Waals surface area contributed by atoms with Crippen LogP contribution in [-0.2, 0) is 24.9 Å². The Morgan fingerprint density at radius 3 is 2.42 bits per heavy atom. The van der Waals surface area contributed by atoms with Gasteiger partial charge in [-0.3, -0.25) is 4.90 Å². The number of para-hydroxylation sites is 1. The summed E-state index contributed by atoms with van der Waals surface area (Å²) in [4.78, 5) is 2.36. The van der Waals surface area contributed by atoms with E-state index in [-0.39, 0.29) is 5.41 Å². The van der Waals surface area contributed by atoms with E-state index in [1.165, 1.54) is 22.3 Å². The highest BCUT2D eigenvalue weighted by atomic mass is 16.5. The summed E-state index contributed by atoms with van der Waals surface area (Å²) in [6, 6.07) is 15.6. The van der Waals surface area contributed by atoms with Gasteiger partial charge in [0.25, 0.3) is 0 Å². The zero-order valence-electron chi connectivity index (χ0n) is 15.6. The fourth-order valence-electron chi connectivity index (χ4n) is 3.40. The van der Waals surface area contributed by atoms with Crippen molar-refractivity contribution < 1.29 is 4.74 Å². The Morgan fingerprint density at radius 1 is 1.04 bits per heavy atom. The maximum absolute atomic E-state index is 6.02. The molecule has 0 radical (unpaired) electrons. The second kappa shape index (κ2) is 6.60. The first-order valence-electron chi connectivity index (χ1n) is 8.88. The first-order valence-corrected chi connectivity index (χ1v) is 8.88. The van der Waals surface area contributed by atoms with Crippen LogP contribution in [-0.4, -0.2) is 18.1 Å². The van der Waals surface area contributed by atoms with Gasteiger partial charge in [-0.05, 0) is 36.1 Å². The Hall–Kier alpha value is -1.80. The van der Waals surface area contributed by atoms with E-state index in [1.807, 2.05) is 0 Å². The summed E-state index contributed by atoms with van der Waals surface area (Å²) in [6.07, 6.45) is 1.33. The van der Waals surface area contributed by atoms with Crippen molar-refractivity contribution in [3.8, 4) is 5.75 Å². The van der Waals surface area contributed by atoms with E-state index >= 15 is 0 Å². The lowest BCUT2D eigenvalue weighted by atomic mass is 9.87. The number of fused-ring (bicyclic) bond motifs is 1. The van der Waals surface area contributed by atoms with Gasteiger partial charge in [0.2, 0.25) is 0 Å². The molecule has 1 unspecified atom stereocenters. The minimum Gasteiger partial charge on any atom is -0.490 e. The number of ether oxygens (including phenoxy) is 1. The van der Waals surface area contributed by atoms with Crippen molar-refractivity contribution in [2.45, 2.75) is 58.7 Å². The summed E-state index contributed by atoms with van der Waals surface area (Å²) in [5, 5.41) is 0. The molecule has 0 aliphatic carbocycles. The standard InChI is InChI=1S/C22H29NO/c1-16-13-18-7-6-8-19(21(18)24-16)15-23(5)14-17-9-11-20(12-10-17)22(2,3)4/h6-12,16H,13-15H2,1-5H3. The van der Waals surface area contributed by atoms with Crippen molar-refractivity contribution in [1.29, 1.82) is 0 Å². The molecule has 0 bridgehead atoms. The van der Waals surface area contributed by atoms with Crippen LogP contribution in [0, 0.1) is 0 Å². The normalized spacial score (nSPS) is 17.0. The van der Waals surface area contributed by atoms with E-state index in [2.05, 4.69) is 82.1 Å².